The normalized spacial score (nSPS) is 10.1. The highest BCUT2D eigenvalue weighted by atomic mass is 35.5. The molecule has 0 aliphatic rings. The van der Waals surface area contributed by atoms with Crippen molar-refractivity contribution in [2.75, 3.05) is 5.32 Å². The highest BCUT2D eigenvalue weighted by molar-refractivity contribution is 6.17. The van der Waals surface area contributed by atoms with Crippen LogP contribution in [0.1, 0.15) is 5.56 Å². The van der Waals surface area contributed by atoms with E-state index in [4.69, 9.17) is 11.6 Å². The molecule has 0 spiro atoms. The molecule has 0 heterocycles. The van der Waals surface area contributed by atoms with Crippen LogP contribution in [-0.2, 0) is 5.88 Å². The van der Waals surface area contributed by atoms with Gasteiger partial charge >= 0.3 is 0 Å². The summed E-state index contributed by atoms with van der Waals surface area (Å²) in [6.45, 7) is 0. The van der Waals surface area contributed by atoms with Gasteiger partial charge < -0.3 is 5.32 Å². The summed E-state index contributed by atoms with van der Waals surface area (Å²) in [7, 11) is 0. The minimum absolute atomic E-state index is 0.0434. The average molecular weight is 263 g/mol. The number of hydrogen-bond acceptors (Lipinski definition) is 3. The molecule has 0 amide bonds. The number of nitrogens with zero attached hydrogens (tertiary/aromatic N) is 1. The topological polar surface area (TPSA) is 55.2 Å². The molecule has 0 radical (unpaired) electrons. The molecule has 2 aromatic carbocycles. The maximum absolute atomic E-state index is 10.9. The van der Waals surface area contributed by atoms with E-state index in [9.17, 15) is 10.1 Å². The van der Waals surface area contributed by atoms with Crippen molar-refractivity contribution in [2.24, 2.45) is 0 Å². The first-order valence-electron chi connectivity index (χ1n) is 5.36. The Kier molecular flexibility index (Phi) is 3.79. The van der Waals surface area contributed by atoms with Gasteiger partial charge in [0.1, 0.15) is 5.69 Å². The fraction of sp³-hybridized carbons (Fsp3) is 0.0769. The number of anilines is 2. The van der Waals surface area contributed by atoms with Gasteiger partial charge in [-0.25, -0.2) is 0 Å². The maximum Gasteiger partial charge on any atom is 0.292 e. The lowest BCUT2D eigenvalue weighted by atomic mass is 10.2. The molecule has 0 atom stereocenters. The third kappa shape index (κ3) is 2.60. The molecule has 0 fully saturated rings. The smallest absolute Gasteiger partial charge is 0.292 e. The number of para-hydroxylation sites is 3. The summed E-state index contributed by atoms with van der Waals surface area (Å²) in [4.78, 5) is 10.5. The van der Waals surface area contributed by atoms with E-state index in [1.807, 2.05) is 24.3 Å². The summed E-state index contributed by atoms with van der Waals surface area (Å²) >= 11 is 5.83. The van der Waals surface area contributed by atoms with Crippen molar-refractivity contribution < 1.29 is 4.92 Å². The van der Waals surface area contributed by atoms with Crippen LogP contribution < -0.4 is 5.32 Å². The molecular weight excluding hydrogens is 252 g/mol. The Morgan fingerprint density at radius 3 is 2.33 bits per heavy atom. The zero-order valence-electron chi connectivity index (χ0n) is 9.47. The summed E-state index contributed by atoms with van der Waals surface area (Å²) in [6, 6.07) is 14.0. The van der Waals surface area contributed by atoms with Crippen molar-refractivity contribution in [3.63, 3.8) is 0 Å². The predicted octanol–water partition coefficient (Wildman–Crippen LogP) is 4.08. The SMILES string of the molecule is O=[N+]([O-])c1ccccc1Nc1ccccc1CCl. The van der Waals surface area contributed by atoms with Crippen LogP contribution in [0.3, 0.4) is 0 Å². The Hall–Kier alpha value is -2.07. The van der Waals surface area contributed by atoms with Crippen LogP contribution in [0, 0.1) is 10.1 Å². The molecule has 18 heavy (non-hydrogen) atoms. The molecule has 2 rings (SSSR count). The molecule has 1 N–H and O–H groups in total. The Morgan fingerprint density at radius 1 is 1.06 bits per heavy atom. The van der Waals surface area contributed by atoms with Crippen LogP contribution in [0.25, 0.3) is 0 Å². The molecule has 92 valence electrons. The Bertz CT molecular complexity index is 572. The quantitative estimate of drug-likeness (QED) is 0.513. The van der Waals surface area contributed by atoms with Gasteiger partial charge in [-0.1, -0.05) is 30.3 Å². The van der Waals surface area contributed by atoms with Crippen LogP contribution in [0.2, 0.25) is 0 Å². The second-order valence-corrected chi connectivity index (χ2v) is 3.96. The van der Waals surface area contributed by atoms with Gasteiger partial charge in [-0.2, -0.15) is 0 Å². The second-order valence-electron chi connectivity index (χ2n) is 3.69. The van der Waals surface area contributed by atoms with E-state index in [0.29, 0.717) is 11.6 Å². The number of alkyl halides is 1. The summed E-state index contributed by atoms with van der Waals surface area (Å²) < 4.78 is 0. The van der Waals surface area contributed by atoms with Crippen LogP contribution in [-0.4, -0.2) is 4.92 Å². The summed E-state index contributed by atoms with van der Waals surface area (Å²) in [5, 5.41) is 14.0. The van der Waals surface area contributed by atoms with Gasteiger partial charge in [-0.05, 0) is 17.7 Å². The first kappa shape index (κ1) is 12.4. The van der Waals surface area contributed by atoms with E-state index in [0.717, 1.165) is 11.3 Å². The Morgan fingerprint density at radius 2 is 1.67 bits per heavy atom. The van der Waals surface area contributed by atoms with E-state index >= 15 is 0 Å². The fourth-order valence-corrected chi connectivity index (χ4v) is 1.88. The highest BCUT2D eigenvalue weighted by Crippen LogP contribution is 2.28. The number of nitrogens with one attached hydrogen (secondary N) is 1. The van der Waals surface area contributed by atoms with Gasteiger partial charge in [0.15, 0.2) is 0 Å². The largest absolute Gasteiger partial charge is 0.350 e. The molecule has 0 unspecified atom stereocenters. The summed E-state index contributed by atoms with van der Waals surface area (Å²) in [5.41, 5.74) is 2.18. The number of hydrogen-bond donors (Lipinski definition) is 1. The number of rotatable bonds is 4. The Balaban J connectivity index is 2.37. The van der Waals surface area contributed by atoms with E-state index in [1.165, 1.54) is 6.07 Å². The van der Waals surface area contributed by atoms with Crippen LogP contribution in [0.4, 0.5) is 17.1 Å². The molecule has 0 aromatic heterocycles. The second kappa shape index (κ2) is 5.51. The lowest BCUT2D eigenvalue weighted by molar-refractivity contribution is -0.383. The minimum atomic E-state index is -0.411. The number of nitro benzene ring substituents is 1. The fourth-order valence-electron chi connectivity index (χ4n) is 1.64. The first-order valence-corrected chi connectivity index (χ1v) is 5.90. The van der Waals surface area contributed by atoms with Crippen molar-refractivity contribution in [3.05, 3.63) is 64.2 Å². The zero-order chi connectivity index (χ0) is 13.0. The third-order valence-corrected chi connectivity index (χ3v) is 2.82. The van der Waals surface area contributed by atoms with Gasteiger partial charge in [0.05, 0.1) is 4.92 Å². The third-order valence-electron chi connectivity index (χ3n) is 2.53. The predicted molar refractivity (Wildman–Crippen MR) is 72.4 cm³/mol. The molecule has 5 heteroatoms. The first-order chi connectivity index (χ1) is 8.72. The molecule has 0 saturated heterocycles. The van der Waals surface area contributed by atoms with E-state index in [1.54, 1.807) is 18.2 Å². The van der Waals surface area contributed by atoms with Crippen molar-refractivity contribution in [2.45, 2.75) is 5.88 Å². The van der Waals surface area contributed by atoms with E-state index in [2.05, 4.69) is 5.32 Å². The van der Waals surface area contributed by atoms with E-state index < -0.39 is 4.92 Å². The zero-order valence-corrected chi connectivity index (χ0v) is 10.2. The summed E-state index contributed by atoms with van der Waals surface area (Å²) in [5.74, 6) is 0.351. The van der Waals surface area contributed by atoms with Crippen molar-refractivity contribution >= 4 is 28.7 Å². The lowest BCUT2D eigenvalue weighted by Gasteiger charge is -2.10. The minimum Gasteiger partial charge on any atom is -0.350 e. The number of halogens is 1. The number of benzene rings is 2. The van der Waals surface area contributed by atoms with Gasteiger partial charge in [0, 0.05) is 17.6 Å². The molecule has 2 aromatic rings. The number of nitro groups is 1. The van der Waals surface area contributed by atoms with Crippen molar-refractivity contribution in [1.82, 2.24) is 0 Å². The molecule has 0 bridgehead atoms. The van der Waals surface area contributed by atoms with Crippen LogP contribution in [0.5, 0.6) is 0 Å². The molecule has 4 nitrogen and oxygen atoms in total. The van der Waals surface area contributed by atoms with E-state index in [-0.39, 0.29) is 5.69 Å². The monoisotopic (exact) mass is 262 g/mol. The molecular formula is C13H11ClN2O2. The lowest BCUT2D eigenvalue weighted by Crippen LogP contribution is -1.98. The molecule has 0 aliphatic heterocycles. The average Bonchev–Trinajstić information content (AvgIpc) is 2.40. The molecule has 0 aliphatic carbocycles. The summed E-state index contributed by atoms with van der Waals surface area (Å²) in [6.07, 6.45) is 0. The van der Waals surface area contributed by atoms with Crippen molar-refractivity contribution in [3.8, 4) is 0 Å². The highest BCUT2D eigenvalue weighted by Gasteiger charge is 2.13. The van der Waals surface area contributed by atoms with Crippen LogP contribution >= 0.6 is 11.6 Å². The Labute approximate surface area is 109 Å². The van der Waals surface area contributed by atoms with Crippen LogP contribution in [0.15, 0.2) is 48.5 Å². The van der Waals surface area contributed by atoms with Gasteiger partial charge in [-0.3, -0.25) is 10.1 Å². The molecule has 0 saturated carbocycles. The maximum atomic E-state index is 10.9. The van der Waals surface area contributed by atoms with Gasteiger partial charge in [0.25, 0.3) is 5.69 Å². The standard InChI is InChI=1S/C13H11ClN2O2/c14-9-10-5-1-2-6-11(10)15-12-7-3-4-8-13(12)16(17)18/h1-8,15H,9H2. The van der Waals surface area contributed by atoms with Gasteiger partial charge in [-0.15, -0.1) is 11.6 Å². The van der Waals surface area contributed by atoms with Crippen molar-refractivity contribution in [1.29, 1.82) is 0 Å². The van der Waals surface area contributed by atoms with Gasteiger partial charge in [0.2, 0.25) is 0 Å².